The first-order valence-corrected chi connectivity index (χ1v) is 10.0. The van der Waals surface area contributed by atoms with Crippen molar-refractivity contribution in [2.24, 2.45) is 15.9 Å². The van der Waals surface area contributed by atoms with Crippen molar-refractivity contribution in [3.05, 3.63) is 60.2 Å². The molecule has 0 bridgehead atoms. The van der Waals surface area contributed by atoms with Gasteiger partial charge in [0.2, 0.25) is 5.91 Å². The lowest BCUT2D eigenvalue weighted by molar-refractivity contribution is -0.302. The van der Waals surface area contributed by atoms with Crippen molar-refractivity contribution in [1.82, 2.24) is 5.32 Å². The molecule has 0 spiro atoms. The van der Waals surface area contributed by atoms with E-state index in [0.717, 1.165) is 0 Å². The van der Waals surface area contributed by atoms with Crippen LogP contribution in [0.4, 0.5) is 36.8 Å². The quantitative estimate of drug-likeness (QED) is 0.639. The summed E-state index contributed by atoms with van der Waals surface area (Å²) in [6.45, 7) is 0. The number of hydrogen-bond donors (Lipinski definition) is 1. The van der Waals surface area contributed by atoms with Crippen molar-refractivity contribution in [2.45, 2.75) is 24.3 Å². The highest BCUT2D eigenvalue weighted by molar-refractivity contribution is 6.32. The number of nitrogens with one attached hydrogen (secondary N) is 1. The number of carbonyl (C=O) groups is 2. The van der Waals surface area contributed by atoms with Crippen LogP contribution < -0.4 is 15.0 Å². The molecule has 7 nitrogen and oxygen atoms in total. The van der Waals surface area contributed by atoms with Crippen LogP contribution in [0.15, 0.2) is 64.6 Å². The number of amides is 3. The van der Waals surface area contributed by atoms with Gasteiger partial charge in [-0.15, -0.1) is 0 Å². The first-order valence-electron chi connectivity index (χ1n) is 10.0. The van der Waals surface area contributed by atoms with Gasteiger partial charge in [-0.05, 0) is 29.8 Å². The minimum Gasteiger partial charge on any atom is -0.497 e. The SMILES string of the molecule is COc1ccc(N2C(=O)NC(=O)C3C2=NC(Cc2ccccc2)=NC3(C(F)(F)F)C(F)(F)F)cc1. The van der Waals surface area contributed by atoms with E-state index in [4.69, 9.17) is 4.74 Å². The Bertz CT molecular complexity index is 1190. The maximum Gasteiger partial charge on any atom is 0.423 e. The first-order chi connectivity index (χ1) is 16.4. The third kappa shape index (κ3) is 4.00. The molecule has 35 heavy (non-hydrogen) atoms. The van der Waals surface area contributed by atoms with Gasteiger partial charge in [0.1, 0.15) is 23.3 Å². The van der Waals surface area contributed by atoms with Gasteiger partial charge in [-0.2, -0.15) is 26.3 Å². The number of amidine groups is 2. The van der Waals surface area contributed by atoms with Crippen LogP contribution in [-0.2, 0) is 11.2 Å². The summed E-state index contributed by atoms with van der Waals surface area (Å²) in [5.41, 5.74) is -4.66. The van der Waals surface area contributed by atoms with E-state index in [1.54, 1.807) is 11.4 Å². The van der Waals surface area contributed by atoms with E-state index in [9.17, 15) is 35.9 Å². The highest BCUT2D eigenvalue weighted by Crippen LogP contribution is 2.53. The van der Waals surface area contributed by atoms with Crippen LogP contribution in [0.1, 0.15) is 5.56 Å². The average molecular weight is 498 g/mol. The monoisotopic (exact) mass is 498 g/mol. The van der Waals surface area contributed by atoms with Crippen LogP contribution in [0.25, 0.3) is 0 Å². The van der Waals surface area contributed by atoms with Crippen LogP contribution in [0.2, 0.25) is 0 Å². The minimum absolute atomic E-state index is 0.126. The Kier molecular flexibility index (Phi) is 5.81. The molecule has 2 aliphatic rings. The Morgan fingerprint density at radius 2 is 1.57 bits per heavy atom. The molecule has 13 heteroatoms. The summed E-state index contributed by atoms with van der Waals surface area (Å²) in [6.07, 6.45) is -12.6. The molecule has 1 N–H and O–H groups in total. The van der Waals surface area contributed by atoms with Gasteiger partial charge in [0.05, 0.1) is 12.8 Å². The predicted octanol–water partition coefficient (Wildman–Crippen LogP) is 4.28. The number of rotatable bonds is 4. The number of benzene rings is 2. The predicted molar refractivity (Wildman–Crippen MR) is 112 cm³/mol. The number of anilines is 1. The molecule has 0 saturated carbocycles. The summed E-state index contributed by atoms with van der Waals surface area (Å²) in [6, 6.07) is 11.5. The Labute approximate surface area is 194 Å². The van der Waals surface area contributed by atoms with E-state index in [1.807, 2.05) is 0 Å². The second-order valence-corrected chi connectivity index (χ2v) is 7.68. The van der Waals surface area contributed by atoms with Gasteiger partial charge in [-0.1, -0.05) is 30.3 Å². The van der Waals surface area contributed by atoms with Crippen LogP contribution in [0.5, 0.6) is 5.75 Å². The number of alkyl halides is 6. The number of carbonyl (C=O) groups excluding carboxylic acids is 2. The van der Waals surface area contributed by atoms with Crippen molar-refractivity contribution >= 4 is 29.3 Å². The summed E-state index contributed by atoms with van der Waals surface area (Å²) < 4.78 is 90.7. The molecule has 4 rings (SSSR count). The second kappa shape index (κ2) is 8.40. The number of halogens is 6. The normalized spacial score (nSPS) is 20.0. The van der Waals surface area contributed by atoms with Gasteiger partial charge in [-0.3, -0.25) is 10.1 Å². The largest absolute Gasteiger partial charge is 0.497 e. The highest BCUT2D eigenvalue weighted by Gasteiger charge is 2.79. The van der Waals surface area contributed by atoms with Crippen LogP contribution in [0, 0.1) is 5.92 Å². The third-order valence-electron chi connectivity index (χ3n) is 5.55. The Morgan fingerprint density at radius 1 is 0.971 bits per heavy atom. The van der Waals surface area contributed by atoms with Crippen molar-refractivity contribution in [2.75, 3.05) is 12.0 Å². The van der Waals surface area contributed by atoms with Crippen molar-refractivity contribution in [3.8, 4) is 5.75 Å². The lowest BCUT2D eigenvalue weighted by atomic mass is 9.78. The molecule has 2 aromatic carbocycles. The fourth-order valence-corrected chi connectivity index (χ4v) is 3.95. The number of fused-ring (bicyclic) bond motifs is 1. The first kappa shape index (κ1) is 24.2. The molecule has 1 unspecified atom stereocenters. The molecule has 0 radical (unpaired) electrons. The average Bonchev–Trinajstić information content (AvgIpc) is 2.78. The van der Waals surface area contributed by atoms with Crippen LogP contribution >= 0.6 is 0 Å². The summed E-state index contributed by atoms with van der Waals surface area (Å²) in [4.78, 5) is 32.7. The van der Waals surface area contributed by atoms with Gasteiger partial charge in [0.15, 0.2) is 0 Å². The Morgan fingerprint density at radius 3 is 2.11 bits per heavy atom. The molecule has 1 fully saturated rings. The second-order valence-electron chi connectivity index (χ2n) is 7.68. The van der Waals surface area contributed by atoms with E-state index in [-0.39, 0.29) is 5.69 Å². The summed E-state index contributed by atoms with van der Waals surface area (Å²) in [5, 5.41) is 1.59. The van der Waals surface area contributed by atoms with E-state index in [1.165, 1.54) is 55.6 Å². The maximum atomic E-state index is 14.3. The number of methoxy groups -OCH3 is 1. The molecule has 2 heterocycles. The fourth-order valence-electron chi connectivity index (χ4n) is 3.95. The van der Waals surface area contributed by atoms with Gasteiger partial charge >= 0.3 is 18.4 Å². The highest BCUT2D eigenvalue weighted by atomic mass is 19.4. The third-order valence-corrected chi connectivity index (χ3v) is 5.55. The van der Waals surface area contributed by atoms with E-state index in [2.05, 4.69) is 9.98 Å². The molecule has 1 saturated heterocycles. The number of aliphatic imine (C=N–C) groups is 2. The van der Waals surface area contributed by atoms with Gasteiger partial charge in [-0.25, -0.2) is 19.7 Å². The number of nitrogens with zero attached hydrogens (tertiary/aromatic N) is 3. The number of ether oxygens (including phenoxy) is 1. The Hall–Kier alpha value is -3.90. The van der Waals surface area contributed by atoms with Crippen molar-refractivity contribution in [1.29, 1.82) is 0 Å². The molecule has 0 aliphatic carbocycles. The molecule has 0 aromatic heterocycles. The summed E-state index contributed by atoms with van der Waals surface area (Å²) >= 11 is 0. The summed E-state index contributed by atoms with van der Waals surface area (Å²) in [7, 11) is 1.34. The molecular formula is C22H16F6N4O3. The molecular weight excluding hydrogens is 482 g/mol. The van der Waals surface area contributed by atoms with E-state index >= 15 is 0 Å². The van der Waals surface area contributed by atoms with Crippen LogP contribution in [0.3, 0.4) is 0 Å². The standard InChI is InChI=1S/C22H16F6N4O3/c1-35-14-9-7-13(8-10-14)32-17-16(18(33)30-19(32)34)20(21(23,24)25,22(26,27)28)31-15(29-17)11-12-5-3-2-4-6-12/h2-10,16H,11H2,1H3,(H,30,33,34). The molecule has 2 aromatic rings. The van der Waals surface area contributed by atoms with Crippen molar-refractivity contribution < 1.29 is 40.7 Å². The smallest absolute Gasteiger partial charge is 0.423 e. The van der Waals surface area contributed by atoms with Crippen LogP contribution in [-0.4, -0.2) is 48.6 Å². The zero-order valence-electron chi connectivity index (χ0n) is 17.8. The molecule has 2 aliphatic heterocycles. The lowest BCUT2D eigenvalue weighted by Gasteiger charge is -2.45. The van der Waals surface area contributed by atoms with E-state index < -0.39 is 53.8 Å². The van der Waals surface area contributed by atoms with Gasteiger partial charge in [0.25, 0.3) is 5.54 Å². The zero-order chi connectivity index (χ0) is 25.6. The zero-order valence-corrected chi connectivity index (χ0v) is 17.8. The number of hydrogen-bond acceptors (Lipinski definition) is 5. The molecule has 184 valence electrons. The van der Waals surface area contributed by atoms with Gasteiger partial charge in [0, 0.05) is 6.42 Å². The molecule has 1 atom stereocenters. The number of imide groups is 1. The van der Waals surface area contributed by atoms with Crippen molar-refractivity contribution in [3.63, 3.8) is 0 Å². The van der Waals surface area contributed by atoms with E-state index in [0.29, 0.717) is 16.2 Å². The lowest BCUT2D eigenvalue weighted by Crippen LogP contribution is -2.73. The Balaban J connectivity index is 1.96. The summed E-state index contributed by atoms with van der Waals surface area (Å²) in [5.74, 6) is -6.36. The van der Waals surface area contributed by atoms with Gasteiger partial charge < -0.3 is 4.74 Å². The number of urea groups is 1. The fraction of sp³-hybridized carbons (Fsp3) is 0.273. The maximum absolute atomic E-state index is 14.3. The topological polar surface area (TPSA) is 83.4 Å². The minimum atomic E-state index is -6.05. The molecule has 3 amide bonds.